The van der Waals surface area contributed by atoms with E-state index in [2.05, 4.69) is 23.3 Å². The van der Waals surface area contributed by atoms with E-state index in [0.29, 0.717) is 28.0 Å². The molecule has 1 atom stereocenters. The van der Waals surface area contributed by atoms with E-state index in [0.717, 1.165) is 25.3 Å². The number of likely N-dealkylation sites (N-methyl/N-ethyl adjacent to an activating group) is 1. The predicted octanol–water partition coefficient (Wildman–Crippen LogP) is 4.72. The van der Waals surface area contributed by atoms with Crippen molar-refractivity contribution in [2.45, 2.75) is 38.8 Å². The molecule has 176 valence electrons. The highest BCUT2D eigenvalue weighted by molar-refractivity contribution is 7.92. The minimum Gasteiger partial charge on any atom is -0.456 e. The molecule has 2 aromatic carbocycles. The van der Waals surface area contributed by atoms with Crippen molar-refractivity contribution in [1.29, 1.82) is 0 Å². The molecule has 1 aliphatic heterocycles. The van der Waals surface area contributed by atoms with Gasteiger partial charge in [0.2, 0.25) is 0 Å². The number of nitrogen functional groups attached to an aromatic ring is 2. The zero-order valence-corrected chi connectivity index (χ0v) is 20.9. The van der Waals surface area contributed by atoms with Crippen LogP contribution in [0.1, 0.15) is 37.6 Å². The molecule has 32 heavy (non-hydrogen) atoms. The first-order chi connectivity index (χ1) is 14.9. The maximum absolute atomic E-state index is 12.0. The number of nitrogens with two attached hydrogens (primary N) is 2. The van der Waals surface area contributed by atoms with Crippen LogP contribution in [-0.2, 0) is 4.74 Å². The molecule has 2 aromatic rings. The van der Waals surface area contributed by atoms with Crippen molar-refractivity contribution in [3.63, 3.8) is 0 Å². The predicted molar refractivity (Wildman–Crippen MR) is 134 cm³/mol. The van der Waals surface area contributed by atoms with Crippen molar-refractivity contribution in [1.82, 2.24) is 9.21 Å². The normalized spacial score (nSPS) is 16.4. The van der Waals surface area contributed by atoms with E-state index in [1.165, 1.54) is 12.2 Å². The van der Waals surface area contributed by atoms with Crippen LogP contribution in [0.4, 0.5) is 11.4 Å². The van der Waals surface area contributed by atoms with Crippen LogP contribution in [0.3, 0.4) is 0 Å². The van der Waals surface area contributed by atoms with Crippen LogP contribution >= 0.6 is 23.8 Å². The van der Waals surface area contributed by atoms with Crippen LogP contribution in [-0.4, -0.2) is 54.0 Å². The van der Waals surface area contributed by atoms with Crippen LogP contribution in [0, 0.1) is 0 Å². The van der Waals surface area contributed by atoms with E-state index in [-0.39, 0.29) is 5.97 Å². The Bertz CT molecular complexity index is 888. The van der Waals surface area contributed by atoms with Gasteiger partial charge in [-0.25, -0.2) is 9.10 Å². The minimum absolute atomic E-state index is 0.315. The highest BCUT2D eigenvalue weighted by Gasteiger charge is 2.25. The summed E-state index contributed by atoms with van der Waals surface area (Å²) >= 11 is 6.98. The molecule has 7 nitrogen and oxygen atoms in total. The maximum Gasteiger partial charge on any atom is 0.338 e. The highest BCUT2D eigenvalue weighted by atomic mass is 35.5. The van der Waals surface area contributed by atoms with Gasteiger partial charge in [0.1, 0.15) is 23.6 Å². The summed E-state index contributed by atoms with van der Waals surface area (Å²) < 4.78 is 13.3. The molecule has 0 aromatic heterocycles. The van der Waals surface area contributed by atoms with Gasteiger partial charge >= 0.3 is 5.97 Å². The third-order valence-corrected chi connectivity index (χ3v) is 5.75. The van der Waals surface area contributed by atoms with E-state index in [4.69, 9.17) is 32.0 Å². The van der Waals surface area contributed by atoms with Crippen LogP contribution < -0.4 is 15.7 Å². The molecule has 4 N–H and O–H groups in total. The number of ether oxygens (including phenoxy) is 1. The Morgan fingerprint density at radius 2 is 1.81 bits per heavy atom. The summed E-state index contributed by atoms with van der Waals surface area (Å²) in [6, 6.07) is 12.7. The Morgan fingerprint density at radius 1 is 1.16 bits per heavy atom. The summed E-state index contributed by atoms with van der Waals surface area (Å²) in [7, 11) is 4.21. The van der Waals surface area contributed by atoms with E-state index < -0.39 is 5.60 Å². The lowest BCUT2D eigenvalue weighted by Gasteiger charge is -2.20. The zero-order valence-electron chi connectivity index (χ0n) is 19.3. The van der Waals surface area contributed by atoms with Crippen molar-refractivity contribution < 1.29 is 13.7 Å². The third-order valence-electron chi connectivity index (χ3n) is 4.61. The van der Waals surface area contributed by atoms with Gasteiger partial charge in [-0.1, -0.05) is 11.6 Å². The van der Waals surface area contributed by atoms with Crippen LogP contribution in [0.2, 0.25) is 5.02 Å². The first-order valence-corrected chi connectivity index (χ1v) is 11.4. The fourth-order valence-corrected chi connectivity index (χ4v) is 3.73. The van der Waals surface area contributed by atoms with Gasteiger partial charge in [-0.2, -0.15) is 0 Å². The Hall–Kier alpha value is -2.13. The largest absolute Gasteiger partial charge is 0.456 e. The van der Waals surface area contributed by atoms with Gasteiger partial charge in [-0.15, -0.1) is 0 Å². The van der Waals surface area contributed by atoms with E-state index >= 15 is 0 Å². The number of carbonyl (C=O) groups is 1. The molecule has 1 saturated heterocycles. The Kier molecular flexibility index (Phi) is 9.51. The number of anilines is 2. The van der Waals surface area contributed by atoms with Crippen LogP contribution in [0.15, 0.2) is 42.5 Å². The van der Waals surface area contributed by atoms with Gasteiger partial charge in [-0.3, -0.25) is 0 Å². The molecule has 1 fully saturated rings. The van der Waals surface area contributed by atoms with Gasteiger partial charge in [-0.05, 0) is 83.8 Å². The fraction of sp³-hybridized carbons (Fsp3) is 0.435. The number of carbonyl (C=O) groups excluding carboxylic acids is 1. The van der Waals surface area contributed by atoms with E-state index in [1.807, 2.05) is 20.8 Å². The lowest BCUT2D eigenvalue weighted by Crippen LogP contribution is -2.29. The summed E-state index contributed by atoms with van der Waals surface area (Å²) in [4.78, 5) is 14.2. The number of rotatable bonds is 5. The van der Waals surface area contributed by atoms with Gasteiger partial charge in [0, 0.05) is 24.8 Å². The molecule has 0 spiro atoms. The summed E-state index contributed by atoms with van der Waals surface area (Å²) in [6.07, 6.45) is 1.15. The van der Waals surface area contributed by atoms with Gasteiger partial charge in [0.05, 0.1) is 16.3 Å². The second-order valence-electron chi connectivity index (χ2n) is 8.76. The minimum atomic E-state index is -0.485. The zero-order chi connectivity index (χ0) is 23.9. The molecule has 1 heterocycles. The first-order valence-electron chi connectivity index (χ1n) is 10.3. The topological polar surface area (TPSA) is 94.0 Å². The SMILES string of the molecule is CN(C)C1CCN(SOc2ccc(C(=O)OC(C)(C)C)cc2)C1.Nc1ccc(N)c(Cl)c1. The van der Waals surface area contributed by atoms with E-state index in [1.54, 1.807) is 42.5 Å². The Labute approximate surface area is 200 Å². The molecule has 1 aliphatic rings. The number of benzene rings is 2. The molecular weight excluding hydrogens is 448 g/mol. The molecular formula is C23H33ClN4O3S. The van der Waals surface area contributed by atoms with Gasteiger partial charge in [0.15, 0.2) is 0 Å². The van der Waals surface area contributed by atoms with Crippen molar-refractivity contribution in [3.05, 3.63) is 53.1 Å². The van der Waals surface area contributed by atoms with Crippen molar-refractivity contribution in [2.75, 3.05) is 38.7 Å². The number of hydrogen-bond donors (Lipinski definition) is 2. The summed E-state index contributed by atoms with van der Waals surface area (Å²) in [5, 5.41) is 0.509. The van der Waals surface area contributed by atoms with Crippen LogP contribution in [0.25, 0.3) is 0 Å². The molecule has 1 unspecified atom stereocenters. The lowest BCUT2D eigenvalue weighted by atomic mass is 10.1. The van der Waals surface area contributed by atoms with Crippen molar-refractivity contribution >= 4 is 41.2 Å². The highest BCUT2D eigenvalue weighted by Crippen LogP contribution is 2.25. The van der Waals surface area contributed by atoms with E-state index in [9.17, 15) is 4.79 Å². The van der Waals surface area contributed by atoms with Crippen molar-refractivity contribution in [2.24, 2.45) is 0 Å². The summed E-state index contributed by atoms with van der Waals surface area (Å²) in [6.45, 7) is 7.58. The molecule has 3 rings (SSSR count). The Morgan fingerprint density at radius 3 is 2.31 bits per heavy atom. The summed E-state index contributed by atoms with van der Waals surface area (Å²) in [5.41, 5.74) is 12.0. The van der Waals surface area contributed by atoms with Crippen molar-refractivity contribution in [3.8, 4) is 5.75 Å². The molecule has 0 radical (unpaired) electrons. The second-order valence-corrected chi connectivity index (χ2v) is 10.00. The molecule has 0 amide bonds. The smallest absolute Gasteiger partial charge is 0.338 e. The van der Waals surface area contributed by atoms with Crippen LogP contribution in [0.5, 0.6) is 5.75 Å². The molecule has 0 aliphatic carbocycles. The quantitative estimate of drug-likeness (QED) is 0.274. The monoisotopic (exact) mass is 480 g/mol. The lowest BCUT2D eigenvalue weighted by molar-refractivity contribution is 0.00695. The first kappa shape index (κ1) is 26.1. The maximum atomic E-state index is 12.0. The Balaban J connectivity index is 0.000000336. The molecule has 0 bridgehead atoms. The third kappa shape index (κ3) is 8.78. The number of esters is 1. The van der Waals surface area contributed by atoms with Gasteiger partial charge in [0.25, 0.3) is 0 Å². The average molecular weight is 481 g/mol. The number of nitrogens with zero attached hydrogens (tertiary/aromatic N) is 2. The molecule has 0 saturated carbocycles. The number of hydrogen-bond acceptors (Lipinski definition) is 8. The second kappa shape index (κ2) is 11.7. The summed E-state index contributed by atoms with van der Waals surface area (Å²) in [5.74, 6) is 0.417. The van der Waals surface area contributed by atoms with Gasteiger partial charge < -0.3 is 25.3 Å². The number of halogens is 1. The standard InChI is InChI=1S/C17H26N2O3S.C6H7ClN2/c1-17(2,3)21-16(20)13-6-8-15(9-7-13)22-23-19-11-10-14(12-19)18(4)5;7-5-3-4(8)1-2-6(5)9/h6-9,14H,10-12H2,1-5H3;1-3H,8-9H2. The molecule has 9 heteroatoms. The average Bonchev–Trinajstić information content (AvgIpc) is 3.18. The fourth-order valence-electron chi connectivity index (χ4n) is 2.82.